The van der Waals surface area contributed by atoms with Crippen molar-refractivity contribution in [2.24, 2.45) is 0 Å². The molecule has 0 saturated carbocycles. The van der Waals surface area contributed by atoms with E-state index in [1.165, 1.54) is 27.8 Å². The summed E-state index contributed by atoms with van der Waals surface area (Å²) in [4.78, 5) is 29.5. The van der Waals surface area contributed by atoms with Gasteiger partial charge in [-0.1, -0.05) is 12.1 Å². The quantitative estimate of drug-likeness (QED) is 0.401. The zero-order chi connectivity index (χ0) is 29.6. The Kier molecular flexibility index (Phi) is 8.13. The van der Waals surface area contributed by atoms with Gasteiger partial charge in [-0.25, -0.2) is 4.79 Å². The normalized spacial score (nSPS) is 16.5. The molecule has 2 heterocycles. The van der Waals surface area contributed by atoms with E-state index in [9.17, 15) is 9.59 Å². The average molecular weight is 547 g/mol. The van der Waals surface area contributed by atoms with Gasteiger partial charge in [-0.05, 0) is 120 Å². The third-order valence-electron chi connectivity index (χ3n) is 8.93. The molecule has 2 aliphatic rings. The molecule has 0 radical (unpaired) electrons. The number of hydrogen-bond donors (Lipinski definition) is 0. The predicted molar refractivity (Wildman–Crippen MR) is 161 cm³/mol. The van der Waals surface area contributed by atoms with Crippen LogP contribution >= 0.6 is 0 Å². The Morgan fingerprint density at radius 1 is 0.900 bits per heavy atom. The van der Waals surface area contributed by atoms with Crippen molar-refractivity contribution in [3.05, 3.63) is 68.8 Å². The molecular weight excluding hydrogens is 500 g/mol. The minimum atomic E-state index is -0.529. The van der Waals surface area contributed by atoms with Crippen LogP contribution in [0.2, 0.25) is 0 Å². The zero-order valence-electron chi connectivity index (χ0n) is 26.1. The second-order valence-electron chi connectivity index (χ2n) is 12.3. The Bertz CT molecular complexity index is 1340. The molecule has 0 aliphatic carbocycles. The van der Waals surface area contributed by atoms with E-state index in [2.05, 4.69) is 46.8 Å². The average Bonchev–Trinajstić information content (AvgIpc) is 2.92. The zero-order valence-corrected chi connectivity index (χ0v) is 26.1. The van der Waals surface area contributed by atoms with Gasteiger partial charge in [0.1, 0.15) is 17.0 Å². The minimum absolute atomic E-state index is 0.0547. The summed E-state index contributed by atoms with van der Waals surface area (Å²) in [6, 6.07) is 8.06. The van der Waals surface area contributed by atoms with Crippen molar-refractivity contribution >= 4 is 17.6 Å². The van der Waals surface area contributed by atoms with E-state index >= 15 is 0 Å². The molecule has 40 heavy (non-hydrogen) atoms. The number of carbonyl (C=O) groups is 2. The van der Waals surface area contributed by atoms with Crippen molar-refractivity contribution in [3.8, 4) is 5.75 Å². The fraction of sp³-hybridized carbons (Fsp3) is 0.529. The molecule has 2 aromatic carbocycles. The molecule has 0 unspecified atom stereocenters. The minimum Gasteiger partial charge on any atom is -0.482 e. The molecule has 1 spiro atoms. The number of piperidine rings is 1. The molecule has 1 fully saturated rings. The summed E-state index contributed by atoms with van der Waals surface area (Å²) in [5.41, 5.74) is 9.13. The number of amides is 2. The molecule has 6 heteroatoms. The van der Waals surface area contributed by atoms with Crippen molar-refractivity contribution in [1.29, 1.82) is 0 Å². The van der Waals surface area contributed by atoms with E-state index in [-0.39, 0.29) is 12.0 Å². The Balaban J connectivity index is 1.80. The Labute approximate surface area is 240 Å². The third-order valence-corrected chi connectivity index (χ3v) is 8.93. The Hall–Kier alpha value is -3.28. The fourth-order valence-corrected chi connectivity index (χ4v) is 6.08. The topological polar surface area (TPSA) is 59.1 Å². The monoisotopic (exact) mass is 546 g/mol. The molecule has 0 atom stereocenters. The molecule has 2 aliphatic heterocycles. The van der Waals surface area contributed by atoms with Crippen LogP contribution in [0.5, 0.6) is 5.75 Å². The largest absolute Gasteiger partial charge is 0.482 e. The van der Waals surface area contributed by atoms with Crippen LogP contribution in [0.4, 0.5) is 4.79 Å². The number of benzene rings is 2. The lowest BCUT2D eigenvalue weighted by atomic mass is 9.74. The molecule has 216 valence electrons. The van der Waals surface area contributed by atoms with E-state index in [0.29, 0.717) is 44.6 Å². The van der Waals surface area contributed by atoms with E-state index in [0.717, 1.165) is 22.4 Å². The van der Waals surface area contributed by atoms with Gasteiger partial charge in [0.25, 0.3) is 5.91 Å². The van der Waals surface area contributed by atoms with Gasteiger partial charge in [-0.3, -0.25) is 4.79 Å². The van der Waals surface area contributed by atoms with Gasteiger partial charge in [0.2, 0.25) is 0 Å². The molecule has 0 aromatic heterocycles. The first-order chi connectivity index (χ1) is 18.7. The van der Waals surface area contributed by atoms with Gasteiger partial charge < -0.3 is 19.3 Å². The van der Waals surface area contributed by atoms with E-state index in [4.69, 9.17) is 9.47 Å². The highest BCUT2D eigenvalue weighted by molar-refractivity contribution is 5.96. The summed E-state index contributed by atoms with van der Waals surface area (Å²) in [6.07, 6.45) is 1.10. The molecule has 1 saturated heterocycles. The second-order valence-corrected chi connectivity index (χ2v) is 12.3. The molecule has 6 nitrogen and oxygen atoms in total. The van der Waals surface area contributed by atoms with E-state index in [1.54, 1.807) is 4.90 Å². The van der Waals surface area contributed by atoms with Crippen LogP contribution in [0.1, 0.15) is 98.1 Å². The van der Waals surface area contributed by atoms with Crippen LogP contribution in [0, 0.1) is 27.7 Å². The second kappa shape index (κ2) is 10.9. The lowest BCUT2D eigenvalue weighted by molar-refractivity contribution is -0.00491. The first-order valence-electron chi connectivity index (χ1n) is 14.6. The SMILES string of the molecule is CCN(CC)C(=O)c1ccc(C2=C(C)C3(CCN(C(=O)OC(C)(C)C)CC3)Oc3c(C)c(C)c(C)c(C)c32)cc1. The summed E-state index contributed by atoms with van der Waals surface area (Å²) >= 11 is 0. The maximum absolute atomic E-state index is 13.0. The lowest BCUT2D eigenvalue weighted by Crippen LogP contribution is -2.52. The van der Waals surface area contributed by atoms with Crippen LogP contribution < -0.4 is 4.74 Å². The molecule has 4 rings (SSSR count). The lowest BCUT2D eigenvalue weighted by Gasteiger charge is -2.47. The van der Waals surface area contributed by atoms with Gasteiger partial charge in [0.05, 0.1) is 0 Å². The predicted octanol–water partition coefficient (Wildman–Crippen LogP) is 7.39. The number of carbonyl (C=O) groups excluding carboxylic acids is 2. The molecule has 0 N–H and O–H groups in total. The van der Waals surface area contributed by atoms with Crippen molar-refractivity contribution in [3.63, 3.8) is 0 Å². The van der Waals surface area contributed by atoms with E-state index < -0.39 is 11.2 Å². The molecule has 0 bridgehead atoms. The van der Waals surface area contributed by atoms with Gasteiger partial charge in [-0.2, -0.15) is 0 Å². The van der Waals surface area contributed by atoms with Crippen molar-refractivity contribution in [2.45, 2.75) is 93.3 Å². The van der Waals surface area contributed by atoms with Gasteiger partial charge in [0.15, 0.2) is 0 Å². The number of rotatable bonds is 4. The smallest absolute Gasteiger partial charge is 0.410 e. The number of nitrogens with zero attached hydrogens (tertiary/aromatic N) is 2. The number of hydrogen-bond acceptors (Lipinski definition) is 4. The Morgan fingerprint density at radius 2 is 1.45 bits per heavy atom. The fourth-order valence-electron chi connectivity index (χ4n) is 6.08. The standard InChI is InChI=1S/C34H46N2O4/c1-11-35(12-2)31(37)27-15-13-26(14-16-27)29-25(7)34(17-19-36(20-18-34)32(38)40-33(8,9)10)39-30-24(6)22(4)21(3)23(5)28(29)30/h13-16H,11-12,17-20H2,1-10H3. The van der Waals surface area contributed by atoms with Crippen molar-refractivity contribution in [2.75, 3.05) is 26.2 Å². The Morgan fingerprint density at radius 3 is 1.98 bits per heavy atom. The highest BCUT2D eigenvalue weighted by Crippen LogP contribution is 2.51. The van der Waals surface area contributed by atoms with Crippen LogP contribution in [0.3, 0.4) is 0 Å². The van der Waals surface area contributed by atoms with Gasteiger partial charge in [0, 0.05) is 50.1 Å². The summed E-state index contributed by atoms with van der Waals surface area (Å²) in [5, 5.41) is 0. The first kappa shape index (κ1) is 29.7. The molecule has 2 amide bonds. The van der Waals surface area contributed by atoms with E-state index in [1.807, 2.05) is 51.7 Å². The highest BCUT2D eigenvalue weighted by atomic mass is 16.6. The molecular formula is C34H46N2O4. The number of likely N-dealkylation sites (tertiary alicyclic amines) is 1. The van der Waals surface area contributed by atoms with Crippen LogP contribution in [-0.4, -0.2) is 59.2 Å². The summed E-state index contributed by atoms with van der Waals surface area (Å²) in [6.45, 7) is 23.1. The number of fused-ring (bicyclic) bond motifs is 1. The molecule has 2 aromatic rings. The maximum Gasteiger partial charge on any atom is 0.410 e. The maximum atomic E-state index is 13.0. The van der Waals surface area contributed by atoms with Crippen LogP contribution in [-0.2, 0) is 4.74 Å². The van der Waals surface area contributed by atoms with Crippen LogP contribution in [0.25, 0.3) is 5.57 Å². The first-order valence-corrected chi connectivity index (χ1v) is 14.6. The summed E-state index contributed by atoms with van der Waals surface area (Å²) in [7, 11) is 0. The summed E-state index contributed by atoms with van der Waals surface area (Å²) in [5.74, 6) is 0.995. The van der Waals surface area contributed by atoms with Gasteiger partial charge in [-0.15, -0.1) is 0 Å². The third kappa shape index (κ3) is 5.25. The number of ether oxygens (including phenoxy) is 2. The van der Waals surface area contributed by atoms with Gasteiger partial charge >= 0.3 is 6.09 Å². The van der Waals surface area contributed by atoms with Crippen molar-refractivity contribution in [1.82, 2.24) is 9.80 Å². The van der Waals surface area contributed by atoms with Crippen molar-refractivity contribution < 1.29 is 19.1 Å². The summed E-state index contributed by atoms with van der Waals surface area (Å²) < 4.78 is 12.7. The highest BCUT2D eigenvalue weighted by Gasteiger charge is 2.46. The van der Waals surface area contributed by atoms with Crippen LogP contribution in [0.15, 0.2) is 29.8 Å².